The number of Topliss-reactive ketones (excluding diaryl/α,β-unsaturated/α-hetero) is 1. The monoisotopic (exact) mass is 341 g/mol. The minimum atomic E-state index is -0.538. The lowest BCUT2D eigenvalue weighted by molar-refractivity contribution is -1.20. The molecule has 5 heterocycles. The van der Waals surface area contributed by atoms with Crippen LogP contribution in [0.2, 0.25) is 0 Å². The number of hydrogen-bond donors (Lipinski definition) is 2. The van der Waals surface area contributed by atoms with Crippen molar-refractivity contribution in [3.8, 4) is 0 Å². The van der Waals surface area contributed by atoms with Gasteiger partial charge in [0.15, 0.2) is 5.78 Å². The van der Waals surface area contributed by atoms with Gasteiger partial charge in [-0.05, 0) is 25.0 Å². The van der Waals surface area contributed by atoms with E-state index in [4.69, 9.17) is 0 Å². The van der Waals surface area contributed by atoms with Crippen molar-refractivity contribution in [3.05, 3.63) is 29.8 Å². The third kappa shape index (κ3) is 1.46. The molecule has 5 aliphatic heterocycles. The Morgan fingerprint density at radius 2 is 1.48 bits per heavy atom. The number of amides is 1. The van der Waals surface area contributed by atoms with E-state index < -0.39 is 5.66 Å². The zero-order valence-corrected chi connectivity index (χ0v) is 15.3. The number of anilines is 1. The summed E-state index contributed by atoms with van der Waals surface area (Å²) in [6.07, 6.45) is 1.78. The second-order valence-electron chi connectivity index (χ2n) is 8.64. The number of fused-ring (bicyclic) bond motifs is 1. The van der Waals surface area contributed by atoms with Crippen molar-refractivity contribution in [2.75, 3.05) is 38.1 Å². The number of benzene rings is 1. The van der Waals surface area contributed by atoms with Crippen LogP contribution in [0.3, 0.4) is 0 Å². The lowest BCUT2D eigenvalue weighted by atomic mass is 9.57. The summed E-state index contributed by atoms with van der Waals surface area (Å²) in [5, 5.41) is 0. The van der Waals surface area contributed by atoms with Crippen LogP contribution in [0.15, 0.2) is 24.3 Å². The van der Waals surface area contributed by atoms with Crippen LogP contribution in [-0.2, 0) is 15.3 Å². The Hall–Kier alpha value is -1.72. The molecule has 25 heavy (non-hydrogen) atoms. The summed E-state index contributed by atoms with van der Waals surface area (Å²) in [7, 11) is 1.90. The number of nitrogens with one attached hydrogen (secondary N) is 2. The van der Waals surface area contributed by atoms with Gasteiger partial charge < -0.3 is 4.90 Å². The average Bonchev–Trinajstić information content (AvgIpc) is 2.85. The maximum atomic E-state index is 13.5. The summed E-state index contributed by atoms with van der Waals surface area (Å²) in [4.78, 5) is 31.4. The van der Waals surface area contributed by atoms with E-state index in [0.29, 0.717) is 5.78 Å². The molecule has 4 saturated heterocycles. The Bertz CT molecular complexity index is 760. The van der Waals surface area contributed by atoms with Crippen LogP contribution in [-0.4, -0.2) is 44.9 Å². The number of carbonyl (C=O) groups excluding carboxylic acids is 2. The molecule has 1 amide bonds. The lowest BCUT2D eigenvalue weighted by Crippen LogP contribution is -3.49. The van der Waals surface area contributed by atoms with Crippen molar-refractivity contribution >= 4 is 17.4 Å². The highest BCUT2D eigenvalue weighted by Gasteiger charge is 2.79. The van der Waals surface area contributed by atoms with Crippen LogP contribution in [0.1, 0.15) is 32.3 Å². The highest BCUT2D eigenvalue weighted by molar-refractivity contribution is 6.05. The smallest absolute Gasteiger partial charge is 0.303 e. The van der Waals surface area contributed by atoms with Gasteiger partial charge in [0.05, 0.1) is 5.69 Å². The van der Waals surface area contributed by atoms with Gasteiger partial charge in [0, 0.05) is 7.05 Å². The third-order valence-electron chi connectivity index (χ3n) is 7.88. The Labute approximate surface area is 148 Å². The fourth-order valence-electron chi connectivity index (χ4n) is 6.61. The van der Waals surface area contributed by atoms with E-state index in [1.54, 1.807) is 0 Å². The summed E-state index contributed by atoms with van der Waals surface area (Å²) in [5.74, 6) is 0.696. The van der Waals surface area contributed by atoms with Crippen molar-refractivity contribution in [3.63, 3.8) is 0 Å². The Morgan fingerprint density at radius 3 is 2.00 bits per heavy atom. The number of para-hydroxylation sites is 1. The summed E-state index contributed by atoms with van der Waals surface area (Å²) < 4.78 is 0. The molecular weight excluding hydrogens is 314 g/mol. The van der Waals surface area contributed by atoms with Crippen LogP contribution in [0.4, 0.5) is 5.69 Å². The lowest BCUT2D eigenvalue weighted by Gasteiger charge is -2.63. The molecule has 1 aromatic rings. The third-order valence-corrected chi connectivity index (χ3v) is 7.88. The van der Waals surface area contributed by atoms with Gasteiger partial charge in [-0.25, -0.2) is 0 Å². The van der Waals surface area contributed by atoms with E-state index in [1.807, 2.05) is 18.0 Å². The standard InChI is InChI=1S/C20H25N3O2/c1-4-18-10-22-12-19(5-2,16(18)24)13-23(11-18)20(22)14-8-6-7-9-15(14)21(3)17(20)25/h6-9H,4-5,10-13H2,1-3H3/p+2. The van der Waals surface area contributed by atoms with Crippen molar-refractivity contribution in [1.29, 1.82) is 0 Å². The molecule has 0 radical (unpaired) electrons. The first-order chi connectivity index (χ1) is 11.9. The van der Waals surface area contributed by atoms with E-state index in [1.165, 1.54) is 9.80 Å². The Balaban J connectivity index is 1.73. The van der Waals surface area contributed by atoms with Crippen molar-refractivity contribution in [1.82, 2.24) is 0 Å². The molecule has 5 aliphatic rings. The van der Waals surface area contributed by atoms with Gasteiger partial charge in [0.1, 0.15) is 42.6 Å². The molecule has 5 nitrogen and oxygen atoms in total. The molecule has 0 unspecified atom stereocenters. The van der Waals surface area contributed by atoms with E-state index in [9.17, 15) is 9.59 Å². The number of carbonyl (C=O) groups is 2. The van der Waals surface area contributed by atoms with Gasteiger partial charge in [-0.1, -0.05) is 26.0 Å². The van der Waals surface area contributed by atoms with Crippen LogP contribution in [0, 0.1) is 10.8 Å². The molecule has 1 spiro atoms. The Kier molecular flexibility index (Phi) is 2.80. The highest BCUT2D eigenvalue weighted by atomic mass is 16.2. The predicted octanol–water partition coefficient (Wildman–Crippen LogP) is -1.01. The van der Waals surface area contributed by atoms with E-state index in [0.717, 1.165) is 50.3 Å². The zero-order chi connectivity index (χ0) is 17.6. The van der Waals surface area contributed by atoms with Gasteiger partial charge in [0.2, 0.25) is 0 Å². The van der Waals surface area contributed by atoms with Gasteiger partial charge in [-0.3, -0.25) is 19.4 Å². The number of rotatable bonds is 2. The van der Waals surface area contributed by atoms with Crippen LogP contribution >= 0.6 is 0 Å². The molecule has 2 N–H and O–H groups in total. The molecule has 132 valence electrons. The first-order valence-corrected chi connectivity index (χ1v) is 9.58. The molecule has 0 aromatic heterocycles. The van der Waals surface area contributed by atoms with E-state index >= 15 is 0 Å². The van der Waals surface area contributed by atoms with Crippen molar-refractivity contribution in [2.45, 2.75) is 32.4 Å². The number of quaternary nitrogens is 2. The van der Waals surface area contributed by atoms with Crippen molar-refractivity contribution in [2.24, 2.45) is 10.8 Å². The van der Waals surface area contributed by atoms with Gasteiger partial charge in [0.25, 0.3) is 0 Å². The second kappa shape index (κ2) is 4.51. The van der Waals surface area contributed by atoms with Crippen LogP contribution in [0.25, 0.3) is 0 Å². The quantitative estimate of drug-likeness (QED) is 0.724. The van der Waals surface area contributed by atoms with Gasteiger partial charge >= 0.3 is 11.6 Å². The van der Waals surface area contributed by atoms with Crippen LogP contribution in [0.5, 0.6) is 0 Å². The highest BCUT2D eigenvalue weighted by Crippen LogP contribution is 2.45. The van der Waals surface area contributed by atoms with Gasteiger partial charge in [-0.2, -0.15) is 0 Å². The molecule has 0 aliphatic carbocycles. The second-order valence-corrected chi connectivity index (χ2v) is 8.64. The van der Waals surface area contributed by atoms with Crippen molar-refractivity contribution < 1.29 is 19.4 Å². The number of ketones is 1. The van der Waals surface area contributed by atoms with Gasteiger partial charge in [-0.15, -0.1) is 0 Å². The topological polar surface area (TPSA) is 46.3 Å². The number of nitrogens with zero attached hydrogens (tertiary/aromatic N) is 1. The molecule has 0 atom stereocenters. The summed E-state index contributed by atoms with van der Waals surface area (Å²) in [6, 6.07) is 8.26. The molecule has 0 saturated carbocycles. The molecule has 4 bridgehead atoms. The molecule has 6 rings (SSSR count). The largest absolute Gasteiger partial charge is 0.353 e. The number of likely N-dealkylation sites (N-methyl/N-ethyl adjacent to an activating group) is 1. The summed E-state index contributed by atoms with van der Waals surface area (Å²) in [6.45, 7) is 7.53. The van der Waals surface area contributed by atoms with E-state index in [-0.39, 0.29) is 16.7 Å². The maximum absolute atomic E-state index is 13.5. The fourth-order valence-corrected chi connectivity index (χ4v) is 6.61. The first kappa shape index (κ1) is 15.5. The molecule has 5 heteroatoms. The van der Waals surface area contributed by atoms with Crippen LogP contribution < -0.4 is 14.7 Å². The zero-order valence-electron chi connectivity index (χ0n) is 15.3. The van der Waals surface area contributed by atoms with E-state index in [2.05, 4.69) is 32.0 Å². The minimum absolute atomic E-state index is 0.211. The average molecular weight is 341 g/mol. The number of piperidine rings is 2. The SMILES string of the molecule is CCC12C[NH+]3CC(CC)(C[NH+](C1)C31C(=O)N(C)c3ccccc31)C2=O. The number of hydrogen-bond acceptors (Lipinski definition) is 2. The summed E-state index contributed by atoms with van der Waals surface area (Å²) >= 11 is 0. The normalized spacial score (nSPS) is 44.0. The first-order valence-electron chi connectivity index (χ1n) is 9.58. The minimum Gasteiger partial charge on any atom is -0.303 e. The fraction of sp³-hybridized carbons (Fsp3) is 0.600. The molecule has 1 aromatic carbocycles. The molecular formula is C20H27N3O2+2. The predicted molar refractivity (Wildman–Crippen MR) is 93.4 cm³/mol. The summed E-state index contributed by atoms with van der Waals surface area (Å²) in [5.41, 5.74) is 1.19. The molecule has 4 fully saturated rings. The maximum Gasteiger partial charge on any atom is 0.353 e. The Morgan fingerprint density at radius 1 is 0.960 bits per heavy atom.